The molecular weight excluding hydrogens is 356 g/mol. The van der Waals surface area contributed by atoms with Crippen LogP contribution < -0.4 is 14.8 Å². The highest BCUT2D eigenvalue weighted by atomic mass is 79.9. The van der Waals surface area contributed by atoms with Crippen molar-refractivity contribution in [2.45, 2.75) is 31.8 Å². The van der Waals surface area contributed by atoms with E-state index in [9.17, 15) is 14.9 Å². The molecule has 0 aliphatic carbocycles. The largest absolute Gasteiger partial charge is 0.493 e. The Balaban J connectivity index is 2.43. The Bertz CT molecular complexity index is 593. The van der Waals surface area contributed by atoms with Crippen LogP contribution in [0.1, 0.15) is 31.4 Å². The molecule has 1 fully saturated rings. The molecule has 0 spiro atoms. The number of ether oxygens (including phenoxy) is 2. The third-order valence-electron chi connectivity index (χ3n) is 3.54. The van der Waals surface area contributed by atoms with Gasteiger partial charge >= 0.3 is 0 Å². The zero-order valence-electron chi connectivity index (χ0n) is 12.3. The lowest BCUT2D eigenvalue weighted by Gasteiger charge is -2.27. The highest BCUT2D eigenvalue weighted by molar-refractivity contribution is 9.10. The number of carbonyl (C=O) groups excluding carboxylic acids is 1. The van der Waals surface area contributed by atoms with Gasteiger partial charge in [-0.25, -0.2) is 0 Å². The highest BCUT2D eigenvalue weighted by Gasteiger charge is 2.38. The Kier molecular flexibility index (Phi) is 5.23. The van der Waals surface area contributed by atoms with Gasteiger partial charge in [0, 0.05) is 17.8 Å². The number of hydrogen-bond acceptors (Lipinski definition) is 5. The average molecular weight is 373 g/mol. The Morgan fingerprint density at radius 3 is 2.82 bits per heavy atom. The molecule has 1 aromatic rings. The summed E-state index contributed by atoms with van der Waals surface area (Å²) < 4.78 is 11.4. The van der Waals surface area contributed by atoms with Crippen molar-refractivity contribution in [3.05, 3.63) is 32.3 Å². The van der Waals surface area contributed by atoms with E-state index in [2.05, 4.69) is 21.2 Å². The lowest BCUT2D eigenvalue weighted by molar-refractivity contribution is -0.529. The third-order valence-corrected chi connectivity index (χ3v) is 4.13. The number of halogens is 1. The molecule has 1 saturated heterocycles. The van der Waals surface area contributed by atoms with E-state index >= 15 is 0 Å². The van der Waals surface area contributed by atoms with Crippen molar-refractivity contribution in [3.63, 3.8) is 0 Å². The fraction of sp³-hybridized carbons (Fsp3) is 0.500. The lowest BCUT2D eigenvalue weighted by atomic mass is 9.92. The maximum Gasteiger partial charge on any atom is 0.237 e. The first-order chi connectivity index (χ1) is 10.5. The summed E-state index contributed by atoms with van der Waals surface area (Å²) in [5.74, 6) is 0.814. The van der Waals surface area contributed by atoms with Crippen LogP contribution >= 0.6 is 15.9 Å². The molecule has 0 bridgehead atoms. The van der Waals surface area contributed by atoms with Gasteiger partial charge in [0.2, 0.25) is 11.9 Å². The van der Waals surface area contributed by atoms with E-state index in [0.29, 0.717) is 28.1 Å². The highest BCUT2D eigenvalue weighted by Crippen LogP contribution is 2.39. The van der Waals surface area contributed by atoms with Gasteiger partial charge in [-0.3, -0.25) is 14.9 Å². The van der Waals surface area contributed by atoms with Crippen LogP contribution in [-0.2, 0) is 4.79 Å². The summed E-state index contributed by atoms with van der Waals surface area (Å²) in [7, 11) is 1.50. The summed E-state index contributed by atoms with van der Waals surface area (Å²) in [5, 5.41) is 13.9. The number of carbonyl (C=O) groups is 1. The molecule has 2 atom stereocenters. The van der Waals surface area contributed by atoms with Gasteiger partial charge in [0.25, 0.3) is 0 Å². The number of benzene rings is 1. The van der Waals surface area contributed by atoms with E-state index < -0.39 is 12.1 Å². The molecule has 1 heterocycles. The predicted octanol–water partition coefficient (Wildman–Crippen LogP) is 2.45. The summed E-state index contributed by atoms with van der Waals surface area (Å²) in [6, 6.07) is 1.85. The van der Waals surface area contributed by atoms with Crippen LogP contribution in [0, 0.1) is 10.1 Å². The number of rotatable bonds is 5. The molecule has 0 unspecified atom stereocenters. The minimum atomic E-state index is -0.854. The minimum absolute atomic E-state index is 0.164. The first-order valence-electron chi connectivity index (χ1n) is 6.91. The van der Waals surface area contributed by atoms with Crippen molar-refractivity contribution < 1.29 is 19.2 Å². The van der Waals surface area contributed by atoms with Crippen LogP contribution in [-0.4, -0.2) is 30.6 Å². The molecule has 0 saturated carbocycles. The number of nitro groups is 1. The number of methoxy groups -OCH3 is 1. The van der Waals surface area contributed by atoms with Gasteiger partial charge in [-0.2, -0.15) is 0 Å². The summed E-state index contributed by atoms with van der Waals surface area (Å²) in [6.45, 7) is 2.32. The quantitative estimate of drug-likeness (QED) is 0.633. The van der Waals surface area contributed by atoms with Crippen LogP contribution in [0.3, 0.4) is 0 Å². The first-order valence-corrected chi connectivity index (χ1v) is 7.70. The standard InChI is InChI=1S/C14H17BrN2O5/c1-3-22-14-9(15)6-8(7-11(14)21-2)13-10(17(19)20)4-5-12(18)16-13/h6-7,10,13H,3-5H2,1-2H3,(H,16,18)/t10-,13+/m0/s1. The second kappa shape index (κ2) is 6.95. The van der Waals surface area contributed by atoms with E-state index in [1.54, 1.807) is 12.1 Å². The molecule has 7 nitrogen and oxygen atoms in total. The molecule has 0 radical (unpaired) electrons. The molecule has 120 valence electrons. The monoisotopic (exact) mass is 372 g/mol. The summed E-state index contributed by atoms with van der Waals surface area (Å²) in [4.78, 5) is 22.5. The number of hydrogen-bond donors (Lipinski definition) is 1. The van der Waals surface area contributed by atoms with Gasteiger partial charge in [-0.15, -0.1) is 0 Å². The maximum atomic E-state index is 11.6. The van der Waals surface area contributed by atoms with Crippen molar-refractivity contribution in [3.8, 4) is 11.5 Å². The summed E-state index contributed by atoms with van der Waals surface area (Å²) in [5.41, 5.74) is 0.613. The van der Waals surface area contributed by atoms with Crippen molar-refractivity contribution >= 4 is 21.8 Å². The Morgan fingerprint density at radius 2 is 2.23 bits per heavy atom. The van der Waals surface area contributed by atoms with E-state index in [0.717, 1.165) is 0 Å². The smallest absolute Gasteiger partial charge is 0.237 e. The zero-order valence-corrected chi connectivity index (χ0v) is 13.9. The topological polar surface area (TPSA) is 90.7 Å². The van der Waals surface area contributed by atoms with Crippen LogP contribution in [0.2, 0.25) is 0 Å². The van der Waals surface area contributed by atoms with Crippen molar-refractivity contribution in [2.75, 3.05) is 13.7 Å². The van der Waals surface area contributed by atoms with Crippen LogP contribution in [0.15, 0.2) is 16.6 Å². The molecule has 1 aromatic carbocycles. The van der Waals surface area contributed by atoms with Gasteiger partial charge in [0.15, 0.2) is 11.5 Å². The molecular formula is C14H17BrN2O5. The second-order valence-electron chi connectivity index (χ2n) is 4.90. The third kappa shape index (κ3) is 3.32. The van der Waals surface area contributed by atoms with Gasteiger partial charge < -0.3 is 14.8 Å². The number of nitrogens with zero attached hydrogens (tertiary/aromatic N) is 1. The van der Waals surface area contributed by atoms with E-state index in [-0.39, 0.29) is 23.7 Å². The maximum absolute atomic E-state index is 11.6. The predicted molar refractivity (Wildman–Crippen MR) is 82.8 cm³/mol. The fourth-order valence-electron chi connectivity index (χ4n) is 2.52. The van der Waals surface area contributed by atoms with Gasteiger partial charge in [0.05, 0.1) is 18.2 Å². The molecule has 2 rings (SSSR count). The van der Waals surface area contributed by atoms with E-state index in [4.69, 9.17) is 9.47 Å². The Hall–Kier alpha value is -1.83. The number of nitrogens with one attached hydrogen (secondary N) is 1. The summed E-state index contributed by atoms with van der Waals surface area (Å²) in [6.07, 6.45) is 0.383. The summed E-state index contributed by atoms with van der Waals surface area (Å²) >= 11 is 3.39. The van der Waals surface area contributed by atoms with E-state index in [1.807, 2.05) is 6.92 Å². The van der Waals surface area contributed by atoms with Crippen molar-refractivity contribution in [2.24, 2.45) is 0 Å². The fourth-order valence-corrected chi connectivity index (χ4v) is 3.10. The Labute approximate surface area is 136 Å². The molecule has 1 aliphatic heterocycles. The van der Waals surface area contributed by atoms with Crippen LogP contribution in [0.4, 0.5) is 0 Å². The van der Waals surface area contributed by atoms with Crippen molar-refractivity contribution in [1.29, 1.82) is 0 Å². The van der Waals surface area contributed by atoms with Crippen LogP contribution in [0.5, 0.6) is 11.5 Å². The van der Waals surface area contributed by atoms with Gasteiger partial charge in [-0.1, -0.05) is 0 Å². The van der Waals surface area contributed by atoms with E-state index in [1.165, 1.54) is 7.11 Å². The normalized spacial score (nSPS) is 21.1. The number of amides is 1. The minimum Gasteiger partial charge on any atom is -0.493 e. The lowest BCUT2D eigenvalue weighted by Crippen LogP contribution is -2.45. The number of piperidine rings is 1. The SMILES string of the molecule is CCOc1c(Br)cc([C@H]2NC(=O)CC[C@@H]2[N+](=O)[O-])cc1OC. The second-order valence-corrected chi connectivity index (χ2v) is 5.76. The Morgan fingerprint density at radius 1 is 1.50 bits per heavy atom. The first kappa shape index (κ1) is 16.5. The molecule has 1 N–H and O–H groups in total. The molecule has 8 heteroatoms. The molecule has 0 aromatic heterocycles. The van der Waals surface area contributed by atoms with Crippen molar-refractivity contribution in [1.82, 2.24) is 5.32 Å². The van der Waals surface area contributed by atoms with Crippen LogP contribution in [0.25, 0.3) is 0 Å². The molecule has 22 heavy (non-hydrogen) atoms. The van der Waals surface area contributed by atoms with Gasteiger partial charge in [-0.05, 0) is 40.5 Å². The molecule has 1 aliphatic rings. The van der Waals surface area contributed by atoms with Gasteiger partial charge in [0.1, 0.15) is 6.04 Å². The molecule has 1 amide bonds. The zero-order chi connectivity index (χ0) is 16.3. The average Bonchev–Trinajstić information content (AvgIpc) is 2.48.